The lowest BCUT2D eigenvalue weighted by Crippen LogP contribution is -2.10. The van der Waals surface area contributed by atoms with Crippen LogP contribution in [0.3, 0.4) is 0 Å². The molecule has 5 rings (SSSR count). The number of aliphatic imine (C=N–C) groups is 1. The summed E-state index contributed by atoms with van der Waals surface area (Å²) in [7, 11) is 1.21. The van der Waals surface area contributed by atoms with Gasteiger partial charge in [-0.05, 0) is 82.7 Å². The summed E-state index contributed by atoms with van der Waals surface area (Å²) in [6, 6.07) is 16.0. The zero-order valence-corrected chi connectivity index (χ0v) is 24.9. The predicted molar refractivity (Wildman–Crippen MR) is 158 cm³/mol. The molecule has 2 heteroatoms. The minimum Gasteiger partial charge on any atom is -0.253 e. The Labute approximate surface area is 215 Å². The molecule has 182 valence electrons. The van der Waals surface area contributed by atoms with Gasteiger partial charge in [0, 0.05) is 21.5 Å². The number of fused-ring (bicyclic) bond motifs is 2. The smallest absolute Gasteiger partial charge is 0.0711 e. The van der Waals surface area contributed by atoms with Gasteiger partial charge in [-0.25, -0.2) is 0 Å². The van der Waals surface area contributed by atoms with Crippen LogP contribution in [0.2, 0.25) is 0 Å². The minimum atomic E-state index is 0.214. The second-order valence-corrected chi connectivity index (χ2v) is 12.3. The van der Waals surface area contributed by atoms with E-state index in [4.69, 9.17) is 0 Å². The summed E-state index contributed by atoms with van der Waals surface area (Å²) in [6.07, 6.45) is 10.3. The van der Waals surface area contributed by atoms with Crippen LogP contribution in [0.1, 0.15) is 90.0 Å². The van der Waals surface area contributed by atoms with Crippen LogP contribution >= 0.6 is 0 Å². The molecule has 0 aromatic heterocycles. The van der Waals surface area contributed by atoms with Crippen molar-refractivity contribution in [3.63, 3.8) is 0 Å². The lowest BCUT2D eigenvalue weighted by molar-refractivity contribution is 0.590. The van der Waals surface area contributed by atoms with Gasteiger partial charge in [0.15, 0.2) is 0 Å². The molecule has 0 N–H and O–H groups in total. The molecular weight excluding hydrogens is 438 g/mol. The van der Waals surface area contributed by atoms with Gasteiger partial charge < -0.3 is 0 Å². The Kier molecular flexibility index (Phi) is 7.33. The lowest BCUT2D eigenvalue weighted by Gasteiger charge is -2.19. The average molecular weight is 480 g/mol. The summed E-state index contributed by atoms with van der Waals surface area (Å²) >= 11 is 0. The maximum atomic E-state index is 4.55. The van der Waals surface area contributed by atoms with E-state index in [0.29, 0.717) is 5.54 Å². The van der Waals surface area contributed by atoms with Crippen LogP contribution in [0.25, 0.3) is 17.2 Å². The number of hydrogen-bond acceptors (Lipinski definition) is 1. The first-order valence-corrected chi connectivity index (χ1v) is 14.4. The fourth-order valence-corrected chi connectivity index (χ4v) is 6.44. The van der Waals surface area contributed by atoms with Gasteiger partial charge >= 0.3 is 0 Å². The van der Waals surface area contributed by atoms with Crippen molar-refractivity contribution in [1.29, 1.82) is 0 Å². The van der Waals surface area contributed by atoms with Crippen LogP contribution < -0.4 is 0 Å². The van der Waals surface area contributed by atoms with E-state index >= 15 is 0 Å². The Morgan fingerprint density at radius 2 is 1.66 bits per heavy atom. The molecule has 0 spiro atoms. The molecule has 0 amide bonds. The van der Waals surface area contributed by atoms with Crippen molar-refractivity contribution in [3.8, 4) is 11.1 Å². The third-order valence-corrected chi connectivity index (χ3v) is 9.00. The molecule has 0 fully saturated rings. The summed E-state index contributed by atoms with van der Waals surface area (Å²) < 4.78 is 0. The molecule has 2 aliphatic carbocycles. The van der Waals surface area contributed by atoms with Gasteiger partial charge in [-0.15, -0.1) is 0 Å². The molecule has 3 aliphatic rings. The number of nitrogens with zero attached hydrogens (tertiary/aromatic N) is 1. The lowest BCUT2D eigenvalue weighted by atomic mass is 9.86. The maximum absolute atomic E-state index is 4.55. The number of allylic oxidation sites excluding steroid dienone is 5. The molecule has 2 aromatic rings. The first-order chi connectivity index (χ1) is 16.7. The van der Waals surface area contributed by atoms with E-state index in [9.17, 15) is 0 Å². The van der Waals surface area contributed by atoms with E-state index in [2.05, 4.69) is 114 Å². The van der Waals surface area contributed by atoms with E-state index in [1.54, 1.807) is 11.1 Å². The first-order valence-electron chi connectivity index (χ1n) is 13.3. The monoisotopic (exact) mass is 479 g/mol. The Morgan fingerprint density at radius 1 is 0.943 bits per heavy atom. The Hall–Kier alpha value is -2.71. The topological polar surface area (TPSA) is 12.4 Å². The Morgan fingerprint density at radius 3 is 2.26 bits per heavy atom. The maximum Gasteiger partial charge on any atom is 0.0711 e. The number of hydrogen-bond donors (Lipinski definition) is 0. The van der Waals surface area contributed by atoms with Gasteiger partial charge in [0.2, 0.25) is 0 Å². The normalized spacial score (nSPS) is 18.4. The number of rotatable bonds is 4. The van der Waals surface area contributed by atoms with Crippen LogP contribution in [-0.2, 0) is 5.41 Å². The van der Waals surface area contributed by atoms with Gasteiger partial charge in [-0.1, -0.05) is 101 Å². The van der Waals surface area contributed by atoms with Crippen molar-refractivity contribution in [3.05, 3.63) is 99.3 Å². The zero-order chi connectivity index (χ0) is 25.3. The summed E-state index contributed by atoms with van der Waals surface area (Å²) in [5, 5.41) is 0. The van der Waals surface area contributed by atoms with Gasteiger partial charge in [-0.2, -0.15) is 0 Å². The SMILES string of the molecule is CCC1=NC2=CC=C(C)C2=C1C.CCCC1=Cc2c(-c3ccc(C(C)(C)C)cc3)cccc2C1[SiH3]. The third kappa shape index (κ3) is 5.00. The quantitative estimate of drug-likeness (QED) is 0.391. The van der Waals surface area contributed by atoms with Crippen LogP contribution in [0, 0.1) is 0 Å². The number of benzene rings is 2. The van der Waals surface area contributed by atoms with Gasteiger partial charge in [0.25, 0.3) is 0 Å². The molecule has 1 atom stereocenters. The molecule has 35 heavy (non-hydrogen) atoms. The standard InChI is InChI=1S/C22H28Si.C11H13N/c1-5-7-16-14-20-18(8-6-9-19(20)21(16)23)15-10-12-17(13-11-15)22(2,3)4;1-4-9-8(3)11-7(2)5-6-10(11)12-9/h6,8-14,21H,5,7H2,1-4,23H3;5-6H,4H2,1-3H3. The molecule has 2 aromatic carbocycles. The van der Waals surface area contributed by atoms with E-state index in [1.807, 2.05) is 0 Å². The van der Waals surface area contributed by atoms with Crippen molar-refractivity contribution >= 4 is 22.0 Å². The summed E-state index contributed by atoms with van der Waals surface area (Å²) in [4.78, 5) is 4.55. The summed E-state index contributed by atoms with van der Waals surface area (Å²) in [5.41, 5.74) is 16.3. The summed E-state index contributed by atoms with van der Waals surface area (Å²) in [5.74, 6) is 0. The van der Waals surface area contributed by atoms with Crippen molar-refractivity contribution in [2.24, 2.45) is 4.99 Å². The van der Waals surface area contributed by atoms with Crippen LogP contribution in [0.4, 0.5) is 0 Å². The highest BCUT2D eigenvalue weighted by molar-refractivity contribution is 6.16. The predicted octanol–water partition coefficient (Wildman–Crippen LogP) is 8.27. The third-order valence-electron chi connectivity index (χ3n) is 7.63. The van der Waals surface area contributed by atoms with Crippen molar-refractivity contribution < 1.29 is 0 Å². The Balaban J connectivity index is 0.000000201. The second kappa shape index (κ2) is 10.1. The van der Waals surface area contributed by atoms with E-state index in [1.165, 1.54) is 73.5 Å². The van der Waals surface area contributed by atoms with Crippen LogP contribution in [0.15, 0.2) is 87.6 Å². The van der Waals surface area contributed by atoms with Gasteiger partial charge in [0.1, 0.15) is 0 Å². The van der Waals surface area contributed by atoms with E-state index in [-0.39, 0.29) is 5.41 Å². The first kappa shape index (κ1) is 25.4. The van der Waals surface area contributed by atoms with E-state index in [0.717, 1.165) is 6.42 Å². The largest absolute Gasteiger partial charge is 0.253 e. The molecule has 1 unspecified atom stereocenters. The minimum absolute atomic E-state index is 0.214. The van der Waals surface area contributed by atoms with Crippen molar-refractivity contribution in [1.82, 2.24) is 0 Å². The highest BCUT2D eigenvalue weighted by atomic mass is 28.1. The fraction of sp³-hybridized carbons (Fsp3) is 0.364. The zero-order valence-electron chi connectivity index (χ0n) is 22.9. The van der Waals surface area contributed by atoms with Crippen molar-refractivity contribution in [2.75, 3.05) is 0 Å². The molecule has 1 nitrogen and oxygen atoms in total. The average Bonchev–Trinajstić information content (AvgIpc) is 3.47. The Bertz CT molecular complexity index is 1270. The molecule has 1 heterocycles. The van der Waals surface area contributed by atoms with Gasteiger partial charge in [-0.3, -0.25) is 4.99 Å². The molecule has 0 radical (unpaired) electrons. The van der Waals surface area contributed by atoms with Crippen LogP contribution in [0.5, 0.6) is 0 Å². The molecule has 0 saturated carbocycles. The molecule has 1 aliphatic heterocycles. The van der Waals surface area contributed by atoms with Crippen LogP contribution in [-0.4, -0.2) is 16.0 Å². The highest BCUT2D eigenvalue weighted by Crippen LogP contribution is 2.41. The molecule has 0 saturated heterocycles. The molecule has 0 bridgehead atoms. The second-order valence-electron chi connectivity index (χ2n) is 11.1. The highest BCUT2D eigenvalue weighted by Gasteiger charge is 2.24. The fourth-order valence-electron chi connectivity index (χ4n) is 5.48. The summed E-state index contributed by atoms with van der Waals surface area (Å²) in [6.45, 7) is 15.6. The van der Waals surface area contributed by atoms with E-state index < -0.39 is 0 Å². The van der Waals surface area contributed by atoms with Crippen molar-refractivity contribution in [2.45, 2.75) is 78.7 Å². The molecular formula is C33H41NSi. The van der Waals surface area contributed by atoms with Gasteiger partial charge in [0.05, 0.1) is 5.70 Å².